The maximum Gasteiger partial charge on any atom is 0.124 e. The Labute approximate surface area is 134 Å². The summed E-state index contributed by atoms with van der Waals surface area (Å²) in [5.74, 6) is 6.18. The van der Waals surface area contributed by atoms with Crippen LogP contribution in [0.25, 0.3) is 11.3 Å². The first-order valence-electron chi connectivity index (χ1n) is 7.10. The van der Waals surface area contributed by atoms with Gasteiger partial charge in [0.2, 0.25) is 0 Å². The Bertz CT molecular complexity index is 864. The molecule has 0 atom stereocenters. The summed E-state index contributed by atoms with van der Waals surface area (Å²) in [6, 6.07) is 10.3. The minimum atomic E-state index is 0.820. The number of aromatic nitrogens is 2. The molecule has 0 saturated heterocycles. The van der Waals surface area contributed by atoms with Crippen molar-refractivity contribution in [3.63, 3.8) is 0 Å². The molecule has 0 spiro atoms. The van der Waals surface area contributed by atoms with Gasteiger partial charge in [-0.3, -0.25) is 4.98 Å². The van der Waals surface area contributed by atoms with Gasteiger partial charge in [0.15, 0.2) is 0 Å². The highest BCUT2D eigenvalue weighted by molar-refractivity contribution is 7.09. The molecule has 3 rings (SSSR count). The molecule has 0 aliphatic heterocycles. The van der Waals surface area contributed by atoms with Crippen LogP contribution in [0.2, 0.25) is 0 Å². The van der Waals surface area contributed by atoms with E-state index in [1.54, 1.807) is 11.3 Å². The topological polar surface area (TPSA) is 25.8 Å². The second-order valence-electron chi connectivity index (χ2n) is 5.18. The fourth-order valence-electron chi connectivity index (χ4n) is 2.21. The maximum absolute atomic E-state index is 4.55. The third kappa shape index (κ3) is 3.08. The summed E-state index contributed by atoms with van der Waals surface area (Å²) >= 11 is 1.61. The normalized spacial score (nSPS) is 10.1. The van der Waals surface area contributed by atoms with Crippen LogP contribution in [0.3, 0.4) is 0 Å². The van der Waals surface area contributed by atoms with Gasteiger partial charge in [-0.05, 0) is 50.0 Å². The Morgan fingerprint density at radius 3 is 2.55 bits per heavy atom. The van der Waals surface area contributed by atoms with Crippen LogP contribution in [0.1, 0.15) is 27.4 Å². The van der Waals surface area contributed by atoms with Crippen molar-refractivity contribution in [3.05, 3.63) is 69.3 Å². The van der Waals surface area contributed by atoms with Crippen molar-refractivity contribution in [2.24, 2.45) is 0 Å². The van der Waals surface area contributed by atoms with E-state index < -0.39 is 0 Å². The zero-order valence-corrected chi connectivity index (χ0v) is 13.7. The number of nitrogens with zero attached hydrogens (tertiary/aromatic N) is 2. The highest BCUT2D eigenvalue weighted by Crippen LogP contribution is 2.23. The molecule has 22 heavy (non-hydrogen) atoms. The van der Waals surface area contributed by atoms with Crippen molar-refractivity contribution in [1.29, 1.82) is 0 Å². The van der Waals surface area contributed by atoms with E-state index in [4.69, 9.17) is 0 Å². The minimum absolute atomic E-state index is 0.820. The van der Waals surface area contributed by atoms with Gasteiger partial charge in [0.1, 0.15) is 5.69 Å². The van der Waals surface area contributed by atoms with E-state index in [0.717, 1.165) is 22.0 Å². The fraction of sp³-hybridized carbons (Fsp3) is 0.158. The zero-order valence-electron chi connectivity index (χ0n) is 12.8. The zero-order chi connectivity index (χ0) is 15.5. The molecule has 2 heterocycles. The molecule has 2 nitrogen and oxygen atoms in total. The lowest BCUT2D eigenvalue weighted by molar-refractivity contribution is 1.26. The SMILES string of the molecule is Cc1nc(C#Cc2ccc(-c3cccc(C)c3C)nc2)cs1. The first-order chi connectivity index (χ1) is 10.6. The molecule has 3 aromatic rings. The molecule has 0 saturated carbocycles. The molecule has 0 N–H and O–H groups in total. The van der Waals surface area contributed by atoms with Gasteiger partial charge in [-0.25, -0.2) is 4.98 Å². The van der Waals surface area contributed by atoms with Gasteiger partial charge in [-0.2, -0.15) is 0 Å². The van der Waals surface area contributed by atoms with Crippen LogP contribution in [0.4, 0.5) is 0 Å². The smallest absolute Gasteiger partial charge is 0.124 e. The quantitative estimate of drug-likeness (QED) is 0.617. The number of benzene rings is 1. The molecule has 0 unspecified atom stereocenters. The van der Waals surface area contributed by atoms with Crippen molar-refractivity contribution >= 4 is 11.3 Å². The summed E-state index contributed by atoms with van der Waals surface area (Å²) < 4.78 is 0. The van der Waals surface area contributed by atoms with Crippen LogP contribution < -0.4 is 0 Å². The molecule has 0 radical (unpaired) electrons. The van der Waals surface area contributed by atoms with Crippen molar-refractivity contribution in [2.75, 3.05) is 0 Å². The van der Waals surface area contributed by atoms with E-state index in [1.807, 2.05) is 30.6 Å². The van der Waals surface area contributed by atoms with E-state index in [-0.39, 0.29) is 0 Å². The summed E-state index contributed by atoms with van der Waals surface area (Å²) in [4.78, 5) is 8.88. The van der Waals surface area contributed by atoms with E-state index in [2.05, 4.69) is 53.9 Å². The third-order valence-corrected chi connectivity index (χ3v) is 4.37. The standard InChI is InChI=1S/C19H16N2S/c1-13-5-4-6-18(14(13)2)19-10-8-16(11-20-19)7-9-17-12-22-15(3)21-17/h4-6,8,10-12H,1-3H3. The van der Waals surface area contributed by atoms with Crippen molar-refractivity contribution in [1.82, 2.24) is 9.97 Å². The summed E-state index contributed by atoms with van der Waals surface area (Å²) in [5.41, 5.74) is 6.43. The van der Waals surface area contributed by atoms with Crippen molar-refractivity contribution < 1.29 is 0 Å². The third-order valence-electron chi connectivity index (χ3n) is 3.60. The van der Waals surface area contributed by atoms with E-state index in [0.29, 0.717) is 0 Å². The predicted molar refractivity (Wildman–Crippen MR) is 92.0 cm³/mol. The minimum Gasteiger partial charge on any atom is -0.255 e. The van der Waals surface area contributed by atoms with Crippen LogP contribution in [-0.4, -0.2) is 9.97 Å². The molecule has 0 aliphatic rings. The number of hydrogen-bond acceptors (Lipinski definition) is 3. The molecular formula is C19H16N2S. The average molecular weight is 304 g/mol. The first-order valence-corrected chi connectivity index (χ1v) is 7.98. The molecule has 0 bridgehead atoms. The maximum atomic E-state index is 4.55. The summed E-state index contributed by atoms with van der Waals surface area (Å²) in [7, 11) is 0. The second kappa shape index (κ2) is 6.13. The molecule has 1 aromatic carbocycles. The summed E-state index contributed by atoms with van der Waals surface area (Å²) in [6.45, 7) is 6.23. The first kappa shape index (κ1) is 14.5. The highest BCUT2D eigenvalue weighted by Gasteiger charge is 2.04. The van der Waals surface area contributed by atoms with Gasteiger partial charge >= 0.3 is 0 Å². The van der Waals surface area contributed by atoms with Gasteiger partial charge in [-0.1, -0.05) is 24.1 Å². The van der Waals surface area contributed by atoms with E-state index in [9.17, 15) is 0 Å². The molecule has 2 aromatic heterocycles. The number of rotatable bonds is 1. The molecule has 0 amide bonds. The lowest BCUT2D eigenvalue weighted by atomic mass is 10.0. The van der Waals surface area contributed by atoms with Crippen LogP contribution >= 0.6 is 11.3 Å². The van der Waals surface area contributed by atoms with Crippen molar-refractivity contribution in [2.45, 2.75) is 20.8 Å². The molecule has 0 aliphatic carbocycles. The molecule has 0 fully saturated rings. The van der Waals surface area contributed by atoms with Crippen LogP contribution in [0, 0.1) is 32.6 Å². The second-order valence-corrected chi connectivity index (χ2v) is 6.24. The fourth-order valence-corrected chi connectivity index (χ4v) is 2.76. The summed E-state index contributed by atoms with van der Waals surface area (Å²) in [5, 5.41) is 3.01. The number of aryl methyl sites for hydroxylation is 2. The predicted octanol–water partition coefficient (Wildman–Crippen LogP) is 4.53. The highest BCUT2D eigenvalue weighted by atomic mass is 32.1. The Kier molecular flexibility index (Phi) is 4.04. The van der Waals surface area contributed by atoms with Gasteiger partial charge in [0, 0.05) is 22.7 Å². The van der Waals surface area contributed by atoms with Crippen LogP contribution in [-0.2, 0) is 0 Å². The van der Waals surface area contributed by atoms with E-state index in [1.165, 1.54) is 16.7 Å². The number of hydrogen-bond donors (Lipinski definition) is 0. The monoisotopic (exact) mass is 304 g/mol. The Morgan fingerprint density at radius 2 is 1.86 bits per heavy atom. The van der Waals surface area contributed by atoms with E-state index >= 15 is 0 Å². The average Bonchev–Trinajstić information content (AvgIpc) is 2.94. The van der Waals surface area contributed by atoms with Gasteiger partial charge in [0.05, 0.1) is 10.7 Å². The Balaban J connectivity index is 1.87. The molecular weight excluding hydrogens is 288 g/mol. The van der Waals surface area contributed by atoms with Gasteiger partial charge in [0.25, 0.3) is 0 Å². The Morgan fingerprint density at radius 1 is 1.00 bits per heavy atom. The largest absolute Gasteiger partial charge is 0.255 e. The van der Waals surface area contributed by atoms with Crippen LogP contribution in [0.5, 0.6) is 0 Å². The number of thiazole rings is 1. The molecule has 3 heteroatoms. The molecule has 108 valence electrons. The van der Waals surface area contributed by atoms with Gasteiger partial charge < -0.3 is 0 Å². The number of pyridine rings is 1. The van der Waals surface area contributed by atoms with Crippen molar-refractivity contribution in [3.8, 4) is 23.1 Å². The Hall–Kier alpha value is -2.44. The lowest BCUT2D eigenvalue weighted by Crippen LogP contribution is -1.90. The lowest BCUT2D eigenvalue weighted by Gasteiger charge is -2.07. The van der Waals surface area contributed by atoms with Crippen LogP contribution in [0.15, 0.2) is 41.9 Å². The summed E-state index contributed by atoms with van der Waals surface area (Å²) in [6.07, 6.45) is 1.82. The van der Waals surface area contributed by atoms with Gasteiger partial charge in [-0.15, -0.1) is 11.3 Å².